The Hall–Kier alpha value is -2.15. The molecule has 2 aromatic heterocycles. The van der Waals surface area contributed by atoms with Crippen LogP contribution in [0.1, 0.15) is 26.7 Å². The maximum Gasteiger partial charge on any atom is 0.224 e. The van der Waals surface area contributed by atoms with Crippen LogP contribution in [0.15, 0.2) is 31.0 Å². The zero-order chi connectivity index (χ0) is 16.8. The molecule has 1 saturated heterocycles. The summed E-state index contributed by atoms with van der Waals surface area (Å²) >= 11 is 0. The third-order valence-corrected chi connectivity index (χ3v) is 4.22. The first kappa shape index (κ1) is 16.7. The molecule has 1 aliphatic heterocycles. The molecule has 3 heterocycles. The lowest BCUT2D eigenvalue weighted by Crippen LogP contribution is -2.43. The highest BCUT2D eigenvalue weighted by Gasteiger charge is 2.28. The first-order valence-corrected chi connectivity index (χ1v) is 8.63. The summed E-state index contributed by atoms with van der Waals surface area (Å²) in [7, 11) is 0. The van der Waals surface area contributed by atoms with Gasteiger partial charge in [-0.05, 0) is 24.8 Å². The van der Waals surface area contributed by atoms with Crippen LogP contribution in [0.4, 0.5) is 11.8 Å². The largest absolute Gasteiger partial charge is 0.376 e. The van der Waals surface area contributed by atoms with Crippen LogP contribution < -0.4 is 10.6 Å². The molecule has 0 spiro atoms. The number of hydrogen-bond donors (Lipinski definition) is 2. The number of rotatable bonds is 7. The SMILES string of the molecule is CC(C)[C@H]1OCCC[C@@H]1Nc1ccnc(NCCn2ccnc2)n1. The summed E-state index contributed by atoms with van der Waals surface area (Å²) in [5.74, 6) is 1.96. The summed E-state index contributed by atoms with van der Waals surface area (Å²) in [5, 5.41) is 6.78. The molecule has 0 radical (unpaired) electrons. The summed E-state index contributed by atoms with van der Waals surface area (Å²) in [6.07, 6.45) is 9.72. The highest BCUT2D eigenvalue weighted by atomic mass is 16.5. The molecule has 0 unspecified atom stereocenters. The minimum atomic E-state index is 0.228. The summed E-state index contributed by atoms with van der Waals surface area (Å²) in [5.41, 5.74) is 0. The van der Waals surface area contributed by atoms with Gasteiger partial charge in [-0.2, -0.15) is 4.98 Å². The van der Waals surface area contributed by atoms with Gasteiger partial charge in [0.05, 0.1) is 18.5 Å². The molecule has 1 aliphatic rings. The number of nitrogens with one attached hydrogen (secondary N) is 2. The minimum absolute atomic E-state index is 0.228. The van der Waals surface area contributed by atoms with Gasteiger partial charge in [-0.15, -0.1) is 0 Å². The van der Waals surface area contributed by atoms with Crippen molar-refractivity contribution < 1.29 is 4.74 Å². The van der Waals surface area contributed by atoms with E-state index < -0.39 is 0 Å². The maximum atomic E-state index is 5.93. The monoisotopic (exact) mass is 330 g/mol. The normalized spacial score (nSPS) is 21.0. The fourth-order valence-corrected chi connectivity index (χ4v) is 3.04. The van der Waals surface area contributed by atoms with Crippen molar-refractivity contribution in [3.05, 3.63) is 31.0 Å². The number of ether oxygens (including phenoxy) is 1. The van der Waals surface area contributed by atoms with Crippen LogP contribution in [0.3, 0.4) is 0 Å². The van der Waals surface area contributed by atoms with Gasteiger partial charge in [0.2, 0.25) is 5.95 Å². The van der Waals surface area contributed by atoms with Gasteiger partial charge in [0.15, 0.2) is 0 Å². The molecular weight excluding hydrogens is 304 g/mol. The molecule has 2 atom stereocenters. The van der Waals surface area contributed by atoms with Gasteiger partial charge < -0.3 is 19.9 Å². The van der Waals surface area contributed by atoms with Crippen LogP contribution in [0.5, 0.6) is 0 Å². The summed E-state index contributed by atoms with van der Waals surface area (Å²) in [4.78, 5) is 12.9. The Morgan fingerprint density at radius 3 is 3.08 bits per heavy atom. The summed E-state index contributed by atoms with van der Waals surface area (Å²) in [6, 6.07) is 2.21. The molecule has 1 fully saturated rings. The second kappa shape index (κ2) is 8.10. The first-order valence-electron chi connectivity index (χ1n) is 8.63. The molecule has 0 aliphatic carbocycles. The van der Waals surface area contributed by atoms with Crippen molar-refractivity contribution >= 4 is 11.8 Å². The van der Waals surface area contributed by atoms with Crippen molar-refractivity contribution in [2.75, 3.05) is 23.8 Å². The van der Waals surface area contributed by atoms with Gasteiger partial charge in [0, 0.05) is 38.3 Å². The van der Waals surface area contributed by atoms with Crippen LogP contribution in [0, 0.1) is 5.92 Å². The predicted octanol–water partition coefficient (Wildman–Crippen LogP) is 2.40. The highest BCUT2D eigenvalue weighted by Crippen LogP contribution is 2.23. The van der Waals surface area contributed by atoms with Gasteiger partial charge in [-0.3, -0.25) is 0 Å². The smallest absolute Gasteiger partial charge is 0.224 e. The number of nitrogens with zero attached hydrogens (tertiary/aromatic N) is 4. The molecule has 0 bridgehead atoms. The molecule has 7 nitrogen and oxygen atoms in total. The van der Waals surface area contributed by atoms with Crippen LogP contribution in [-0.2, 0) is 11.3 Å². The van der Waals surface area contributed by atoms with E-state index in [0.29, 0.717) is 17.9 Å². The molecule has 7 heteroatoms. The van der Waals surface area contributed by atoms with Gasteiger partial charge in [-0.1, -0.05) is 13.8 Å². The summed E-state index contributed by atoms with van der Waals surface area (Å²) < 4.78 is 7.95. The Morgan fingerprint density at radius 1 is 1.38 bits per heavy atom. The van der Waals surface area contributed by atoms with Gasteiger partial charge in [0.25, 0.3) is 0 Å². The fourth-order valence-electron chi connectivity index (χ4n) is 3.04. The van der Waals surface area contributed by atoms with Crippen LogP contribution in [0.2, 0.25) is 0 Å². The molecular formula is C17H26N6O. The maximum absolute atomic E-state index is 5.93. The van der Waals surface area contributed by atoms with Gasteiger partial charge in [0.1, 0.15) is 5.82 Å². The minimum Gasteiger partial charge on any atom is -0.376 e. The fraction of sp³-hybridized carbons (Fsp3) is 0.588. The Labute approximate surface area is 142 Å². The summed E-state index contributed by atoms with van der Waals surface area (Å²) in [6.45, 7) is 6.83. The Bertz CT molecular complexity index is 615. The lowest BCUT2D eigenvalue weighted by molar-refractivity contribution is -0.0203. The topological polar surface area (TPSA) is 76.9 Å². The predicted molar refractivity (Wildman–Crippen MR) is 94.0 cm³/mol. The van der Waals surface area contributed by atoms with Crippen molar-refractivity contribution in [1.29, 1.82) is 0 Å². The average molecular weight is 330 g/mol. The van der Waals surface area contributed by atoms with Gasteiger partial charge >= 0.3 is 0 Å². The average Bonchev–Trinajstić information content (AvgIpc) is 3.09. The molecule has 3 rings (SSSR count). The van der Waals surface area contributed by atoms with Crippen molar-refractivity contribution in [2.45, 2.75) is 45.4 Å². The molecule has 2 aromatic rings. The quantitative estimate of drug-likeness (QED) is 0.812. The molecule has 0 amide bonds. The highest BCUT2D eigenvalue weighted by molar-refractivity contribution is 5.40. The van der Waals surface area contributed by atoms with E-state index in [1.807, 2.05) is 16.8 Å². The standard InChI is InChI=1S/C17H26N6O/c1-13(2)16-14(4-3-11-24-16)21-15-5-6-19-17(22-15)20-8-10-23-9-7-18-12-23/h5-7,9,12-14,16H,3-4,8,10-11H2,1-2H3,(H2,19,20,21,22)/t14-,16+/m0/s1. The van der Waals surface area contributed by atoms with Crippen molar-refractivity contribution in [1.82, 2.24) is 19.5 Å². The van der Waals surface area contributed by atoms with E-state index in [0.717, 1.165) is 38.4 Å². The van der Waals surface area contributed by atoms with Gasteiger partial charge in [-0.25, -0.2) is 9.97 Å². The van der Waals surface area contributed by atoms with E-state index >= 15 is 0 Å². The lowest BCUT2D eigenvalue weighted by Gasteiger charge is -2.35. The van der Waals surface area contributed by atoms with E-state index in [4.69, 9.17) is 4.74 Å². The van der Waals surface area contributed by atoms with E-state index in [-0.39, 0.29) is 6.10 Å². The third kappa shape index (κ3) is 4.44. The number of imidazole rings is 1. The Morgan fingerprint density at radius 2 is 2.29 bits per heavy atom. The van der Waals surface area contributed by atoms with Crippen LogP contribution in [0.25, 0.3) is 0 Å². The Balaban J connectivity index is 1.56. The third-order valence-electron chi connectivity index (χ3n) is 4.22. The van der Waals surface area contributed by atoms with E-state index in [1.54, 1.807) is 18.7 Å². The Kier molecular flexibility index (Phi) is 5.63. The molecule has 130 valence electrons. The second-order valence-electron chi connectivity index (χ2n) is 6.47. The van der Waals surface area contributed by atoms with E-state index in [2.05, 4.69) is 39.4 Å². The molecule has 0 saturated carbocycles. The van der Waals surface area contributed by atoms with E-state index in [1.165, 1.54) is 0 Å². The number of hydrogen-bond acceptors (Lipinski definition) is 6. The zero-order valence-electron chi connectivity index (χ0n) is 14.4. The molecule has 0 aromatic carbocycles. The number of anilines is 2. The van der Waals surface area contributed by atoms with E-state index in [9.17, 15) is 0 Å². The lowest BCUT2D eigenvalue weighted by atomic mass is 9.94. The van der Waals surface area contributed by atoms with Crippen molar-refractivity contribution in [3.63, 3.8) is 0 Å². The van der Waals surface area contributed by atoms with Crippen LogP contribution >= 0.6 is 0 Å². The zero-order valence-corrected chi connectivity index (χ0v) is 14.4. The number of aromatic nitrogens is 4. The first-order chi connectivity index (χ1) is 11.7. The second-order valence-corrected chi connectivity index (χ2v) is 6.47. The van der Waals surface area contributed by atoms with Crippen molar-refractivity contribution in [2.24, 2.45) is 5.92 Å². The molecule has 2 N–H and O–H groups in total. The van der Waals surface area contributed by atoms with Crippen molar-refractivity contribution in [3.8, 4) is 0 Å². The van der Waals surface area contributed by atoms with Crippen LogP contribution in [-0.4, -0.2) is 44.8 Å². The molecule has 24 heavy (non-hydrogen) atoms.